The van der Waals surface area contributed by atoms with Gasteiger partial charge in [-0.15, -0.1) is 0 Å². The van der Waals surface area contributed by atoms with E-state index >= 15 is 0 Å². The highest BCUT2D eigenvalue weighted by atomic mass is 16.2. The van der Waals surface area contributed by atoms with Gasteiger partial charge in [0.05, 0.1) is 0 Å². The minimum absolute atomic E-state index is 0.136. The number of aryl methyl sites for hydroxylation is 1. The fourth-order valence-electron chi connectivity index (χ4n) is 1.62. The number of aromatic nitrogens is 1. The summed E-state index contributed by atoms with van der Waals surface area (Å²) in [6.07, 6.45) is 1.44. The highest BCUT2D eigenvalue weighted by molar-refractivity contribution is 5.93. The molecule has 0 spiro atoms. The van der Waals surface area contributed by atoms with E-state index in [4.69, 9.17) is 0 Å². The van der Waals surface area contributed by atoms with Gasteiger partial charge in [0.25, 0.3) is 5.91 Å². The molecule has 0 aliphatic carbocycles. The maximum atomic E-state index is 11.8. The molecule has 4 nitrogen and oxygen atoms in total. The Morgan fingerprint density at radius 1 is 1.28 bits per heavy atom. The summed E-state index contributed by atoms with van der Waals surface area (Å²) in [5.74, 6) is -0.361. The first-order chi connectivity index (χ1) is 8.66. The number of aromatic amines is 1. The molecule has 1 heterocycles. The van der Waals surface area contributed by atoms with E-state index in [0.29, 0.717) is 6.54 Å². The number of carbonyl (C=O) groups excluding carboxylic acids is 1. The van der Waals surface area contributed by atoms with E-state index in [-0.39, 0.29) is 16.9 Å². The average molecular weight is 242 g/mol. The van der Waals surface area contributed by atoms with Gasteiger partial charge in [0.1, 0.15) is 5.56 Å². The van der Waals surface area contributed by atoms with Gasteiger partial charge >= 0.3 is 0 Å². The van der Waals surface area contributed by atoms with Crippen LogP contribution in [0.3, 0.4) is 0 Å². The highest BCUT2D eigenvalue weighted by Crippen LogP contribution is 1.98. The van der Waals surface area contributed by atoms with E-state index in [1.807, 2.05) is 30.3 Å². The van der Waals surface area contributed by atoms with Crippen LogP contribution in [0.15, 0.2) is 47.4 Å². The number of nitrogens with one attached hydrogen (secondary N) is 2. The lowest BCUT2D eigenvalue weighted by atomic mass is 10.2. The molecule has 4 heteroatoms. The molecule has 0 fully saturated rings. The summed E-state index contributed by atoms with van der Waals surface area (Å²) < 4.78 is 0. The number of hydrogen-bond acceptors (Lipinski definition) is 2. The van der Waals surface area contributed by atoms with Crippen molar-refractivity contribution in [2.24, 2.45) is 0 Å². The molecule has 1 aromatic heterocycles. The number of H-pyrrole nitrogens is 1. The summed E-state index contributed by atoms with van der Waals surface area (Å²) in [6, 6.07) is 11.0. The Balaban J connectivity index is 2.06. The van der Waals surface area contributed by atoms with Gasteiger partial charge in [-0.3, -0.25) is 9.59 Å². The molecule has 2 N–H and O–H groups in total. The van der Waals surface area contributed by atoms with Crippen LogP contribution in [0.5, 0.6) is 0 Å². The summed E-state index contributed by atoms with van der Waals surface area (Å²) in [4.78, 5) is 26.3. The number of hydrogen-bond donors (Lipinski definition) is 2. The second-order valence-electron chi connectivity index (χ2n) is 4.06. The third kappa shape index (κ3) is 2.85. The second-order valence-corrected chi connectivity index (χ2v) is 4.06. The van der Waals surface area contributed by atoms with Crippen LogP contribution >= 0.6 is 0 Å². The normalized spacial score (nSPS) is 10.1. The maximum absolute atomic E-state index is 11.8. The Labute approximate surface area is 105 Å². The van der Waals surface area contributed by atoms with Crippen LogP contribution in [0.1, 0.15) is 21.6 Å². The quantitative estimate of drug-likeness (QED) is 0.859. The molecular formula is C14H14N2O2. The van der Waals surface area contributed by atoms with Crippen molar-refractivity contribution in [1.82, 2.24) is 10.3 Å². The zero-order chi connectivity index (χ0) is 13.0. The van der Waals surface area contributed by atoms with Gasteiger partial charge in [-0.25, -0.2) is 0 Å². The van der Waals surface area contributed by atoms with Crippen molar-refractivity contribution in [3.8, 4) is 0 Å². The lowest BCUT2D eigenvalue weighted by Gasteiger charge is -2.05. The van der Waals surface area contributed by atoms with Crippen LogP contribution in [-0.2, 0) is 6.54 Å². The first kappa shape index (κ1) is 12.1. The predicted molar refractivity (Wildman–Crippen MR) is 69.4 cm³/mol. The van der Waals surface area contributed by atoms with Crippen molar-refractivity contribution < 1.29 is 4.79 Å². The predicted octanol–water partition coefficient (Wildman–Crippen LogP) is 1.61. The van der Waals surface area contributed by atoms with Crippen LogP contribution in [0.2, 0.25) is 0 Å². The third-order valence-corrected chi connectivity index (χ3v) is 2.60. The van der Waals surface area contributed by atoms with E-state index < -0.39 is 0 Å². The monoisotopic (exact) mass is 242 g/mol. The molecule has 1 amide bonds. The third-order valence-electron chi connectivity index (χ3n) is 2.60. The Morgan fingerprint density at radius 3 is 2.67 bits per heavy atom. The van der Waals surface area contributed by atoms with E-state index in [1.165, 1.54) is 12.3 Å². The van der Waals surface area contributed by atoms with Gasteiger partial charge in [-0.1, -0.05) is 30.3 Å². The molecule has 0 bridgehead atoms. The summed E-state index contributed by atoms with van der Waals surface area (Å²) in [5, 5.41) is 2.72. The van der Waals surface area contributed by atoms with Gasteiger partial charge in [-0.05, 0) is 12.5 Å². The van der Waals surface area contributed by atoms with E-state index in [0.717, 1.165) is 11.3 Å². The molecule has 92 valence electrons. The van der Waals surface area contributed by atoms with Crippen molar-refractivity contribution in [3.05, 3.63) is 69.6 Å². The summed E-state index contributed by atoms with van der Waals surface area (Å²) in [5.41, 5.74) is 1.60. The average Bonchev–Trinajstić information content (AvgIpc) is 2.37. The molecular weight excluding hydrogens is 228 g/mol. The molecule has 0 saturated heterocycles. The second kappa shape index (κ2) is 5.31. The Hall–Kier alpha value is -2.36. The first-order valence-corrected chi connectivity index (χ1v) is 5.68. The summed E-state index contributed by atoms with van der Waals surface area (Å²) in [6.45, 7) is 2.18. The van der Waals surface area contributed by atoms with E-state index in [9.17, 15) is 9.59 Å². The molecule has 18 heavy (non-hydrogen) atoms. The van der Waals surface area contributed by atoms with Gasteiger partial charge in [0.15, 0.2) is 5.43 Å². The SMILES string of the molecule is Cc1cc(=O)c(C(=O)NCc2ccccc2)c[nH]1. The van der Waals surface area contributed by atoms with Crippen molar-refractivity contribution in [1.29, 1.82) is 0 Å². The Morgan fingerprint density at radius 2 is 2.00 bits per heavy atom. The largest absolute Gasteiger partial charge is 0.364 e. The van der Waals surface area contributed by atoms with Crippen molar-refractivity contribution in [2.45, 2.75) is 13.5 Å². The number of amides is 1. The van der Waals surface area contributed by atoms with Gasteiger partial charge in [0, 0.05) is 24.5 Å². The van der Waals surface area contributed by atoms with Crippen LogP contribution in [0.25, 0.3) is 0 Å². The molecule has 0 unspecified atom stereocenters. The van der Waals surface area contributed by atoms with Crippen molar-refractivity contribution >= 4 is 5.91 Å². The van der Waals surface area contributed by atoms with Gasteiger partial charge < -0.3 is 10.3 Å². The van der Waals surface area contributed by atoms with Gasteiger partial charge in [0.2, 0.25) is 0 Å². The molecule has 0 aliphatic rings. The number of benzene rings is 1. The Kier molecular flexibility index (Phi) is 3.57. The number of pyridine rings is 1. The standard InChI is InChI=1S/C14H14N2O2/c1-10-7-13(17)12(9-15-10)14(18)16-8-11-5-3-2-4-6-11/h2-7,9H,8H2,1H3,(H,15,17)(H,16,18). The molecule has 0 atom stereocenters. The molecule has 2 aromatic rings. The number of carbonyl (C=O) groups is 1. The molecule has 0 radical (unpaired) electrons. The molecule has 0 saturated carbocycles. The van der Waals surface area contributed by atoms with E-state index in [1.54, 1.807) is 6.92 Å². The van der Waals surface area contributed by atoms with Crippen molar-refractivity contribution in [2.75, 3.05) is 0 Å². The lowest BCUT2D eigenvalue weighted by Crippen LogP contribution is -2.28. The first-order valence-electron chi connectivity index (χ1n) is 5.68. The smallest absolute Gasteiger partial charge is 0.257 e. The van der Waals surface area contributed by atoms with E-state index in [2.05, 4.69) is 10.3 Å². The topological polar surface area (TPSA) is 62.0 Å². The van der Waals surface area contributed by atoms with Crippen LogP contribution in [0, 0.1) is 6.92 Å². The summed E-state index contributed by atoms with van der Waals surface area (Å²) in [7, 11) is 0. The zero-order valence-electron chi connectivity index (χ0n) is 10.1. The molecule has 1 aromatic carbocycles. The lowest BCUT2D eigenvalue weighted by molar-refractivity contribution is 0.0949. The number of rotatable bonds is 3. The minimum Gasteiger partial charge on any atom is -0.364 e. The fraction of sp³-hybridized carbons (Fsp3) is 0.143. The van der Waals surface area contributed by atoms with Crippen molar-refractivity contribution in [3.63, 3.8) is 0 Å². The van der Waals surface area contributed by atoms with Gasteiger partial charge in [-0.2, -0.15) is 0 Å². The highest BCUT2D eigenvalue weighted by Gasteiger charge is 2.09. The molecule has 0 aliphatic heterocycles. The molecule has 2 rings (SSSR count). The fourth-order valence-corrected chi connectivity index (χ4v) is 1.62. The Bertz CT molecular complexity index is 603. The zero-order valence-corrected chi connectivity index (χ0v) is 10.1. The maximum Gasteiger partial charge on any atom is 0.257 e. The van der Waals surface area contributed by atoms with Crippen LogP contribution in [0.4, 0.5) is 0 Å². The van der Waals surface area contributed by atoms with Crippen LogP contribution in [-0.4, -0.2) is 10.9 Å². The minimum atomic E-state index is -0.361. The van der Waals surface area contributed by atoms with Crippen LogP contribution < -0.4 is 10.7 Å². The summed E-state index contributed by atoms with van der Waals surface area (Å²) >= 11 is 0.